The summed E-state index contributed by atoms with van der Waals surface area (Å²) >= 11 is 0. The highest BCUT2D eigenvalue weighted by Gasteiger charge is 2.30. The number of benzene rings is 3. The van der Waals surface area contributed by atoms with Gasteiger partial charge >= 0.3 is 11.9 Å². The van der Waals surface area contributed by atoms with Gasteiger partial charge in [-0.25, -0.2) is 18.0 Å². The van der Waals surface area contributed by atoms with Crippen LogP contribution in [0.3, 0.4) is 0 Å². The van der Waals surface area contributed by atoms with E-state index in [2.05, 4.69) is 0 Å². The van der Waals surface area contributed by atoms with E-state index >= 15 is 4.79 Å². The third-order valence-electron chi connectivity index (χ3n) is 14.2. The maximum atomic E-state index is 15.6. The smallest absolute Gasteiger partial charge is 0.345 e. The molecule has 0 saturated carbocycles. The van der Waals surface area contributed by atoms with Crippen LogP contribution in [0.5, 0.6) is 17.2 Å². The summed E-state index contributed by atoms with van der Waals surface area (Å²) in [6.07, 6.45) is -0.645. The number of nitrogens with zero attached hydrogens (tertiary/aromatic N) is 1. The van der Waals surface area contributed by atoms with Gasteiger partial charge in [-0.15, -0.1) is 0 Å². The fourth-order valence-electron chi connectivity index (χ4n) is 9.59. The van der Waals surface area contributed by atoms with Crippen molar-refractivity contribution in [3.05, 3.63) is 70.8 Å². The van der Waals surface area contributed by atoms with Gasteiger partial charge in [0, 0.05) is 79.2 Å². The Balaban J connectivity index is 2.01. The fraction of sp³-hybridized carbons (Fsp3) is 0.691. The summed E-state index contributed by atoms with van der Waals surface area (Å²) < 4.78 is 153. The fourth-order valence-corrected chi connectivity index (χ4v) is 10.1. The first-order valence-electron chi connectivity index (χ1n) is 32.8. The van der Waals surface area contributed by atoms with Crippen molar-refractivity contribution >= 4 is 43.9 Å². The Kier molecular flexibility index (Phi) is 42.4. The summed E-state index contributed by atoms with van der Waals surface area (Å²) in [5.41, 5.74) is 1.65. The van der Waals surface area contributed by atoms with E-state index < -0.39 is 64.4 Å². The largest absolute Gasteiger partial charge is 0.748 e. The van der Waals surface area contributed by atoms with Gasteiger partial charge in [0.25, 0.3) is 0 Å². The van der Waals surface area contributed by atoms with Crippen LogP contribution in [0.1, 0.15) is 91.6 Å². The summed E-state index contributed by atoms with van der Waals surface area (Å²) in [6, 6.07) is 13.0. The van der Waals surface area contributed by atoms with Crippen molar-refractivity contribution in [2.45, 2.75) is 117 Å². The molecular formula is C68H107NO25S. The summed E-state index contributed by atoms with van der Waals surface area (Å²) in [5.74, 6) is -2.05. The third-order valence-corrected chi connectivity index (χ3v) is 15.0. The first kappa shape index (κ1) is 82.6. The molecule has 0 radical (unpaired) electrons. The Bertz CT molecular complexity index is 2740. The van der Waals surface area contributed by atoms with Crippen LogP contribution in [-0.2, 0) is 92.5 Å². The molecule has 4 rings (SSSR count). The Morgan fingerprint density at radius 3 is 1.08 bits per heavy atom. The summed E-state index contributed by atoms with van der Waals surface area (Å²) in [7, 11) is 1.64. The lowest BCUT2D eigenvalue weighted by Gasteiger charge is -2.26. The van der Waals surface area contributed by atoms with Crippen LogP contribution in [0.15, 0.2) is 48.5 Å². The number of hydrogen-bond donors (Lipinski definition) is 1. The van der Waals surface area contributed by atoms with E-state index in [9.17, 15) is 22.9 Å². The van der Waals surface area contributed by atoms with Gasteiger partial charge < -0.3 is 99.7 Å². The van der Waals surface area contributed by atoms with E-state index in [1.807, 2.05) is 32.3 Å². The van der Waals surface area contributed by atoms with Crippen molar-refractivity contribution in [1.29, 1.82) is 0 Å². The Morgan fingerprint density at radius 2 is 0.789 bits per heavy atom. The van der Waals surface area contributed by atoms with Crippen molar-refractivity contribution in [1.82, 2.24) is 0 Å². The molecule has 26 nitrogen and oxygen atoms in total. The van der Waals surface area contributed by atoms with E-state index in [1.165, 1.54) is 12.1 Å². The van der Waals surface area contributed by atoms with Crippen LogP contribution in [-0.4, -0.2) is 259 Å². The first-order chi connectivity index (χ1) is 46.0. The van der Waals surface area contributed by atoms with Crippen LogP contribution >= 0.6 is 0 Å². The monoisotopic (exact) mass is 1370 g/mol. The lowest BCUT2D eigenvalue weighted by molar-refractivity contribution is -0.645. The number of carbonyl (C=O) groups excluding carboxylic acids is 1. The predicted molar refractivity (Wildman–Crippen MR) is 352 cm³/mol. The zero-order valence-corrected chi connectivity index (χ0v) is 58.4. The molecule has 540 valence electrons. The highest BCUT2D eigenvalue weighted by molar-refractivity contribution is 7.85. The number of esters is 1. The molecule has 0 spiro atoms. The molecule has 0 bridgehead atoms. The average molecular weight is 1370 g/mol. The van der Waals surface area contributed by atoms with Gasteiger partial charge in [-0.3, -0.25) is 0 Å². The number of methoxy groups -OCH3 is 4. The van der Waals surface area contributed by atoms with Crippen LogP contribution in [0.2, 0.25) is 0 Å². The molecule has 95 heavy (non-hydrogen) atoms. The second-order valence-electron chi connectivity index (χ2n) is 22.5. The standard InChI is InChI=1S/C68H107NO25S/c1-11-21-80-38-55(39-81-22-12-2)88-46-59(47-89-56(40-82-23-13-3)41-83-24-14-4)92-53-16-18-63-61(36-53)65(68(72)94-66-50(5)34-52(67(70)71)35-51(66)6)62-37-54(17-19-64(62)69(63)20-15-33-95(73,74)75)93-60(48-90-57(42-84-29-25-76-7)43-85-30-26-77-8)49-91-58(44-86-31-27-78-9)45-87-32-28-79-10/h16-19,34-37,55-60H,11-15,20-33,38-49H2,1-10H3,(H-,70,71,73,74,75). The molecule has 0 unspecified atom stereocenters. The van der Waals surface area contributed by atoms with Crippen molar-refractivity contribution < 1.29 is 122 Å². The van der Waals surface area contributed by atoms with Gasteiger partial charge in [-0.1, -0.05) is 27.7 Å². The number of hydrogen-bond acceptors (Lipinski definition) is 24. The van der Waals surface area contributed by atoms with Gasteiger partial charge in [0.2, 0.25) is 11.0 Å². The first-order valence-corrected chi connectivity index (χ1v) is 34.4. The van der Waals surface area contributed by atoms with Crippen molar-refractivity contribution in [2.75, 3.05) is 193 Å². The van der Waals surface area contributed by atoms with Crippen molar-refractivity contribution in [3.8, 4) is 17.2 Å². The minimum Gasteiger partial charge on any atom is -0.748 e. The van der Waals surface area contributed by atoms with Gasteiger partial charge in [-0.05, 0) is 87.1 Å². The number of aromatic nitrogens is 1. The van der Waals surface area contributed by atoms with Gasteiger partial charge in [0.1, 0.15) is 53.9 Å². The second kappa shape index (κ2) is 48.8. The lowest BCUT2D eigenvalue weighted by Crippen LogP contribution is -2.38. The van der Waals surface area contributed by atoms with Gasteiger partial charge in [0.15, 0.2) is 6.54 Å². The second-order valence-corrected chi connectivity index (χ2v) is 24.0. The van der Waals surface area contributed by atoms with Gasteiger partial charge in [-0.2, -0.15) is 4.57 Å². The van der Waals surface area contributed by atoms with Crippen molar-refractivity contribution in [2.24, 2.45) is 0 Å². The van der Waals surface area contributed by atoms with E-state index in [4.69, 9.17) is 90.0 Å². The SMILES string of the molecule is CCCOCC(COCCC)OCC(COC(COCCC)COCCC)Oc1ccc2c(c1)c(C(=O)Oc1c(C)cc(C(=O)O)cc1C)c1cc(OC(COC(COCCOC)COCCOC)COC(COCCOC)COCCOC)ccc1[n+]2CCCS(=O)(=O)[O-]. The molecule has 0 amide bonds. The van der Waals surface area contributed by atoms with Crippen LogP contribution in [0.4, 0.5) is 0 Å². The van der Waals surface area contributed by atoms with Crippen molar-refractivity contribution in [3.63, 3.8) is 0 Å². The molecule has 4 aromatic rings. The molecule has 0 saturated heterocycles. The van der Waals surface area contributed by atoms with Crippen LogP contribution in [0, 0.1) is 13.8 Å². The molecule has 1 heterocycles. The highest BCUT2D eigenvalue weighted by atomic mass is 32.2. The Labute approximate surface area is 561 Å². The average Bonchev–Trinajstić information content (AvgIpc) is 0.743. The van der Waals surface area contributed by atoms with Crippen LogP contribution in [0.25, 0.3) is 21.8 Å². The molecule has 3 aromatic carbocycles. The van der Waals surface area contributed by atoms with Gasteiger partial charge in [0.05, 0.1) is 164 Å². The van der Waals surface area contributed by atoms with Crippen LogP contribution < -0.4 is 18.8 Å². The maximum absolute atomic E-state index is 15.6. The summed E-state index contributed by atoms with van der Waals surface area (Å²) in [5, 5.41) is 10.5. The summed E-state index contributed by atoms with van der Waals surface area (Å²) in [6.45, 7) is 17.6. The molecule has 27 heteroatoms. The maximum Gasteiger partial charge on any atom is 0.345 e. The normalized spacial score (nSPS) is 12.2. The number of carboxylic acid groups (broad SMARTS) is 1. The number of carbonyl (C=O) groups is 2. The third kappa shape index (κ3) is 32.6. The lowest BCUT2D eigenvalue weighted by atomic mass is 10.0. The molecule has 0 aliphatic carbocycles. The number of fused-ring (bicyclic) bond motifs is 2. The number of carboxylic acids is 1. The number of pyridine rings is 1. The zero-order chi connectivity index (χ0) is 69.1. The highest BCUT2D eigenvalue weighted by Crippen LogP contribution is 2.34. The zero-order valence-electron chi connectivity index (χ0n) is 57.6. The minimum atomic E-state index is -4.67. The molecule has 0 aliphatic heterocycles. The number of ether oxygens (including phenoxy) is 19. The van der Waals surface area contributed by atoms with E-state index in [0.717, 1.165) is 25.7 Å². The molecule has 0 fully saturated rings. The quantitative estimate of drug-likeness (QED) is 0.0115. The molecular weight excluding hydrogens is 1260 g/mol. The topological polar surface area (TPSA) is 291 Å². The predicted octanol–water partition coefficient (Wildman–Crippen LogP) is 7.14. The molecule has 1 aromatic heterocycles. The minimum absolute atomic E-state index is 0.00106. The Hall–Kier alpha value is -4.86. The molecule has 0 atom stereocenters. The van der Waals surface area contributed by atoms with E-state index in [1.54, 1.807) is 78.7 Å². The summed E-state index contributed by atoms with van der Waals surface area (Å²) in [4.78, 5) is 27.8. The molecule has 0 aliphatic rings. The Morgan fingerprint density at radius 1 is 0.463 bits per heavy atom. The molecule has 1 N–H and O–H groups in total. The number of aryl methyl sites for hydroxylation is 3. The van der Waals surface area contributed by atoms with E-state index in [-0.39, 0.29) is 131 Å². The number of aromatic carboxylic acids is 1. The van der Waals surface area contributed by atoms with E-state index in [0.29, 0.717) is 101 Å². The number of rotatable bonds is 59.